The SMILES string of the molecule is Cc1ccccc1NC(=O)CSc1nc2cc(Cl)ccc2c(=O)n1CC1CCCO1. The Morgan fingerprint density at radius 2 is 2.17 bits per heavy atom. The zero-order chi connectivity index (χ0) is 21.1. The Labute approximate surface area is 183 Å². The number of hydrogen-bond acceptors (Lipinski definition) is 5. The Balaban J connectivity index is 1.60. The molecule has 1 fully saturated rings. The Hall–Kier alpha value is -2.35. The average molecular weight is 444 g/mol. The summed E-state index contributed by atoms with van der Waals surface area (Å²) in [5.74, 6) is -0.0170. The lowest BCUT2D eigenvalue weighted by Gasteiger charge is -2.16. The van der Waals surface area contributed by atoms with Crippen LogP contribution in [0.1, 0.15) is 18.4 Å². The number of thioether (sulfide) groups is 1. The van der Waals surface area contributed by atoms with Crippen molar-refractivity contribution in [3.8, 4) is 0 Å². The molecule has 1 saturated heterocycles. The molecule has 1 aliphatic rings. The molecule has 2 aromatic carbocycles. The quantitative estimate of drug-likeness (QED) is 0.455. The monoisotopic (exact) mass is 443 g/mol. The fourth-order valence-electron chi connectivity index (χ4n) is 3.47. The third-order valence-electron chi connectivity index (χ3n) is 5.04. The van der Waals surface area contributed by atoms with Crippen molar-refractivity contribution in [1.82, 2.24) is 9.55 Å². The molecule has 0 bridgehead atoms. The molecule has 4 rings (SSSR count). The average Bonchev–Trinajstić information content (AvgIpc) is 3.23. The third kappa shape index (κ3) is 4.69. The Morgan fingerprint density at radius 1 is 1.33 bits per heavy atom. The van der Waals surface area contributed by atoms with E-state index in [-0.39, 0.29) is 23.3 Å². The highest BCUT2D eigenvalue weighted by Crippen LogP contribution is 2.23. The van der Waals surface area contributed by atoms with Crippen molar-refractivity contribution in [2.24, 2.45) is 0 Å². The van der Waals surface area contributed by atoms with Gasteiger partial charge in [-0.25, -0.2) is 4.98 Å². The summed E-state index contributed by atoms with van der Waals surface area (Å²) in [6.07, 6.45) is 1.87. The van der Waals surface area contributed by atoms with E-state index in [9.17, 15) is 9.59 Å². The summed E-state index contributed by atoms with van der Waals surface area (Å²) in [5, 5.41) is 4.42. The Bertz CT molecular complexity index is 1140. The number of carbonyl (C=O) groups is 1. The molecule has 3 aromatic rings. The van der Waals surface area contributed by atoms with Gasteiger partial charge in [0.2, 0.25) is 5.91 Å². The van der Waals surface area contributed by atoms with E-state index in [1.165, 1.54) is 11.8 Å². The summed E-state index contributed by atoms with van der Waals surface area (Å²) in [6, 6.07) is 12.7. The van der Waals surface area contributed by atoms with Crippen LogP contribution < -0.4 is 10.9 Å². The topological polar surface area (TPSA) is 73.2 Å². The van der Waals surface area contributed by atoms with Gasteiger partial charge in [0.15, 0.2) is 5.16 Å². The van der Waals surface area contributed by atoms with E-state index in [0.717, 1.165) is 24.1 Å². The zero-order valence-electron chi connectivity index (χ0n) is 16.6. The number of carbonyl (C=O) groups excluding carboxylic acids is 1. The smallest absolute Gasteiger partial charge is 0.262 e. The van der Waals surface area contributed by atoms with Gasteiger partial charge in [0.05, 0.1) is 29.3 Å². The number of halogens is 1. The molecule has 30 heavy (non-hydrogen) atoms. The number of fused-ring (bicyclic) bond motifs is 1. The second kappa shape index (κ2) is 9.20. The minimum absolute atomic E-state index is 0.0191. The first kappa shape index (κ1) is 20.9. The second-order valence-electron chi connectivity index (χ2n) is 7.26. The fraction of sp³-hybridized carbons (Fsp3) is 0.318. The Morgan fingerprint density at radius 3 is 2.93 bits per heavy atom. The number of nitrogens with one attached hydrogen (secondary N) is 1. The number of ether oxygens (including phenoxy) is 1. The van der Waals surface area contributed by atoms with Crippen LogP contribution in [0.15, 0.2) is 52.4 Å². The fourth-order valence-corrected chi connectivity index (χ4v) is 4.44. The van der Waals surface area contributed by atoms with E-state index in [0.29, 0.717) is 34.2 Å². The van der Waals surface area contributed by atoms with Crippen LogP contribution in [0.3, 0.4) is 0 Å². The highest BCUT2D eigenvalue weighted by atomic mass is 35.5. The minimum Gasteiger partial charge on any atom is -0.376 e. The predicted octanol–water partition coefficient (Wildman–Crippen LogP) is 4.27. The maximum absolute atomic E-state index is 13.1. The number of aryl methyl sites for hydroxylation is 1. The van der Waals surface area contributed by atoms with Crippen LogP contribution in [-0.4, -0.2) is 33.9 Å². The van der Waals surface area contributed by atoms with Gasteiger partial charge in [0.25, 0.3) is 5.56 Å². The number of anilines is 1. The first-order valence-electron chi connectivity index (χ1n) is 9.81. The molecular weight excluding hydrogens is 422 g/mol. The van der Waals surface area contributed by atoms with Gasteiger partial charge in [0.1, 0.15) is 0 Å². The zero-order valence-corrected chi connectivity index (χ0v) is 18.1. The number of nitrogens with zero attached hydrogens (tertiary/aromatic N) is 2. The van der Waals surface area contributed by atoms with Crippen LogP contribution in [-0.2, 0) is 16.1 Å². The molecule has 0 radical (unpaired) electrons. The summed E-state index contributed by atoms with van der Waals surface area (Å²) >= 11 is 7.33. The second-order valence-corrected chi connectivity index (χ2v) is 8.64. The van der Waals surface area contributed by atoms with Crippen molar-refractivity contribution in [2.45, 2.75) is 37.6 Å². The number of para-hydroxylation sites is 1. The van der Waals surface area contributed by atoms with Crippen LogP contribution >= 0.6 is 23.4 Å². The van der Waals surface area contributed by atoms with E-state index in [1.807, 2.05) is 31.2 Å². The minimum atomic E-state index is -0.154. The summed E-state index contributed by atoms with van der Waals surface area (Å²) in [7, 11) is 0. The van der Waals surface area contributed by atoms with Crippen molar-refractivity contribution >= 4 is 45.9 Å². The molecule has 0 spiro atoms. The molecule has 1 unspecified atom stereocenters. The van der Waals surface area contributed by atoms with E-state index >= 15 is 0 Å². The molecule has 1 aliphatic heterocycles. The van der Waals surface area contributed by atoms with Crippen LogP contribution in [0, 0.1) is 6.92 Å². The lowest BCUT2D eigenvalue weighted by atomic mass is 10.2. The van der Waals surface area contributed by atoms with Crippen LogP contribution in [0.25, 0.3) is 10.9 Å². The number of rotatable bonds is 6. The molecule has 1 amide bonds. The van der Waals surface area contributed by atoms with Crippen LogP contribution in [0.4, 0.5) is 5.69 Å². The molecule has 156 valence electrons. The van der Waals surface area contributed by atoms with Gasteiger partial charge in [-0.2, -0.15) is 0 Å². The standard InChI is InChI=1S/C22H22ClN3O3S/c1-14-5-2-3-7-18(14)24-20(27)13-30-22-25-19-11-15(23)8-9-17(19)21(28)26(22)12-16-6-4-10-29-16/h2-3,5,7-9,11,16H,4,6,10,12-13H2,1H3,(H,24,27). The third-order valence-corrected chi connectivity index (χ3v) is 6.26. The molecular formula is C22H22ClN3O3S. The lowest BCUT2D eigenvalue weighted by Crippen LogP contribution is -2.29. The molecule has 1 N–H and O–H groups in total. The van der Waals surface area contributed by atoms with E-state index in [1.54, 1.807) is 22.8 Å². The summed E-state index contributed by atoms with van der Waals surface area (Å²) in [5.41, 5.74) is 2.15. The van der Waals surface area contributed by atoms with Crippen LogP contribution in [0.2, 0.25) is 5.02 Å². The predicted molar refractivity (Wildman–Crippen MR) is 121 cm³/mol. The van der Waals surface area contributed by atoms with Gasteiger partial charge in [-0.1, -0.05) is 41.6 Å². The molecule has 0 saturated carbocycles. The van der Waals surface area contributed by atoms with Gasteiger partial charge in [0, 0.05) is 17.3 Å². The van der Waals surface area contributed by atoms with Crippen molar-refractivity contribution in [3.05, 3.63) is 63.4 Å². The number of hydrogen-bond donors (Lipinski definition) is 1. The molecule has 6 nitrogen and oxygen atoms in total. The van der Waals surface area contributed by atoms with Gasteiger partial charge in [-0.15, -0.1) is 0 Å². The van der Waals surface area contributed by atoms with Crippen LogP contribution in [0.5, 0.6) is 0 Å². The van der Waals surface area contributed by atoms with Crippen molar-refractivity contribution in [3.63, 3.8) is 0 Å². The van der Waals surface area contributed by atoms with Crippen molar-refractivity contribution < 1.29 is 9.53 Å². The van der Waals surface area contributed by atoms with Crippen molar-refractivity contribution in [2.75, 3.05) is 17.7 Å². The van der Waals surface area contributed by atoms with E-state index in [2.05, 4.69) is 10.3 Å². The summed E-state index contributed by atoms with van der Waals surface area (Å²) in [6.45, 7) is 3.07. The number of amides is 1. The van der Waals surface area contributed by atoms with Gasteiger partial charge < -0.3 is 10.1 Å². The first-order valence-corrected chi connectivity index (χ1v) is 11.2. The maximum Gasteiger partial charge on any atom is 0.262 e. The number of benzene rings is 2. The maximum atomic E-state index is 13.1. The highest BCUT2D eigenvalue weighted by molar-refractivity contribution is 7.99. The van der Waals surface area contributed by atoms with Gasteiger partial charge in [-0.3, -0.25) is 14.2 Å². The molecule has 2 heterocycles. The van der Waals surface area contributed by atoms with E-state index in [4.69, 9.17) is 16.3 Å². The lowest BCUT2D eigenvalue weighted by molar-refractivity contribution is -0.113. The Kier molecular flexibility index (Phi) is 6.41. The largest absolute Gasteiger partial charge is 0.376 e. The highest BCUT2D eigenvalue weighted by Gasteiger charge is 2.21. The van der Waals surface area contributed by atoms with Gasteiger partial charge >= 0.3 is 0 Å². The van der Waals surface area contributed by atoms with E-state index < -0.39 is 0 Å². The number of aromatic nitrogens is 2. The summed E-state index contributed by atoms with van der Waals surface area (Å²) in [4.78, 5) is 30.3. The van der Waals surface area contributed by atoms with Gasteiger partial charge in [-0.05, 0) is 49.6 Å². The molecule has 8 heteroatoms. The summed E-state index contributed by atoms with van der Waals surface area (Å²) < 4.78 is 7.34. The van der Waals surface area contributed by atoms with Crippen molar-refractivity contribution in [1.29, 1.82) is 0 Å². The molecule has 1 aromatic heterocycles. The molecule has 0 aliphatic carbocycles. The first-order chi connectivity index (χ1) is 14.5. The normalized spacial score (nSPS) is 16.1. The molecule has 1 atom stereocenters.